The van der Waals surface area contributed by atoms with Crippen LogP contribution in [0.5, 0.6) is 0 Å². The van der Waals surface area contributed by atoms with Gasteiger partial charge in [-0.05, 0) is 31.2 Å². The van der Waals surface area contributed by atoms with Crippen LogP contribution in [0.25, 0.3) is 5.69 Å². The number of carbonyl (C=O) groups is 1. The van der Waals surface area contributed by atoms with Crippen LogP contribution in [0.3, 0.4) is 0 Å². The molecule has 2 fully saturated rings. The Morgan fingerprint density at radius 2 is 2.07 bits per heavy atom. The molecule has 2 aliphatic heterocycles. The number of hydrogen-bond donors (Lipinski definition) is 1. The number of rotatable bonds is 5. The van der Waals surface area contributed by atoms with Crippen molar-refractivity contribution in [2.45, 2.75) is 18.9 Å². The van der Waals surface area contributed by atoms with Crippen molar-refractivity contribution < 1.29 is 9.53 Å². The second-order valence-corrected chi connectivity index (χ2v) is 8.19. The fraction of sp³-hybridized carbons (Fsp3) is 0.526. The molecule has 1 N–H and O–H groups in total. The van der Waals surface area contributed by atoms with Crippen molar-refractivity contribution in [2.75, 3.05) is 44.4 Å². The van der Waals surface area contributed by atoms with Crippen molar-refractivity contribution in [3.63, 3.8) is 0 Å². The molecule has 0 spiro atoms. The van der Waals surface area contributed by atoms with Gasteiger partial charge in [-0.25, -0.2) is 4.68 Å². The van der Waals surface area contributed by atoms with E-state index in [4.69, 9.17) is 4.74 Å². The fourth-order valence-corrected chi connectivity index (χ4v) is 5.29. The summed E-state index contributed by atoms with van der Waals surface area (Å²) in [5, 5.41) is 11.4. The van der Waals surface area contributed by atoms with Crippen LogP contribution >= 0.6 is 11.8 Å². The van der Waals surface area contributed by atoms with Gasteiger partial charge >= 0.3 is 0 Å². The van der Waals surface area contributed by atoms with Crippen molar-refractivity contribution >= 4 is 17.7 Å². The average molecular weight is 388 g/mol. The first-order valence-corrected chi connectivity index (χ1v) is 10.5. The van der Waals surface area contributed by atoms with Crippen LogP contribution in [0.2, 0.25) is 0 Å². The maximum Gasteiger partial charge on any atom is 0.273 e. The predicted molar refractivity (Wildman–Crippen MR) is 105 cm³/mol. The Morgan fingerprint density at radius 3 is 2.78 bits per heavy atom. The maximum absolute atomic E-state index is 12.8. The van der Waals surface area contributed by atoms with Gasteiger partial charge in [0.2, 0.25) is 0 Å². The molecule has 4 rings (SSSR count). The first kappa shape index (κ1) is 18.5. The van der Waals surface area contributed by atoms with E-state index >= 15 is 0 Å². The molecule has 0 radical (unpaired) electrons. The van der Waals surface area contributed by atoms with Crippen LogP contribution in [0.4, 0.5) is 0 Å². The highest BCUT2D eigenvalue weighted by Gasteiger charge is 2.41. The fourth-order valence-electron chi connectivity index (χ4n) is 3.82. The molecular formula is C19H25N5O2S. The third-order valence-electron chi connectivity index (χ3n) is 5.45. The van der Waals surface area contributed by atoms with E-state index in [0.717, 1.165) is 55.6 Å². The monoisotopic (exact) mass is 387 g/mol. The third-order valence-corrected chi connectivity index (χ3v) is 6.69. The van der Waals surface area contributed by atoms with Gasteiger partial charge in [0.15, 0.2) is 5.69 Å². The second kappa shape index (κ2) is 8.00. The summed E-state index contributed by atoms with van der Waals surface area (Å²) in [5.41, 5.74) is 2.06. The number of para-hydroxylation sites is 1. The number of ether oxygens (including phenoxy) is 1. The Morgan fingerprint density at radius 1 is 1.30 bits per heavy atom. The van der Waals surface area contributed by atoms with E-state index in [9.17, 15) is 4.79 Å². The number of aromatic nitrogens is 3. The van der Waals surface area contributed by atoms with Crippen molar-refractivity contribution in [3.8, 4) is 5.69 Å². The molecule has 27 heavy (non-hydrogen) atoms. The van der Waals surface area contributed by atoms with Crippen molar-refractivity contribution in [2.24, 2.45) is 0 Å². The lowest BCUT2D eigenvalue weighted by molar-refractivity contribution is -0.0129. The molecule has 1 amide bonds. The minimum absolute atomic E-state index is 0.0213. The normalized spacial score (nSPS) is 23.4. The van der Waals surface area contributed by atoms with Gasteiger partial charge in [0.25, 0.3) is 5.91 Å². The number of carbonyl (C=O) groups excluding carboxylic acids is 1. The molecule has 2 saturated heterocycles. The molecular weight excluding hydrogens is 362 g/mol. The number of amides is 1. The number of benzene rings is 1. The van der Waals surface area contributed by atoms with Crippen molar-refractivity contribution in [1.82, 2.24) is 25.2 Å². The summed E-state index contributed by atoms with van der Waals surface area (Å²) in [6.45, 7) is 5.91. The SMILES string of the molecule is Cc1c(C(=O)NCC2(N3CCOCC3)CCSC2)nnn1-c1ccccc1. The molecule has 2 aromatic rings. The lowest BCUT2D eigenvalue weighted by atomic mass is 9.95. The van der Waals surface area contributed by atoms with Crippen LogP contribution in [0.15, 0.2) is 30.3 Å². The molecule has 1 atom stereocenters. The minimum Gasteiger partial charge on any atom is -0.379 e. The molecule has 2 aliphatic rings. The van der Waals surface area contributed by atoms with E-state index in [-0.39, 0.29) is 11.4 Å². The quantitative estimate of drug-likeness (QED) is 0.839. The first-order valence-electron chi connectivity index (χ1n) is 9.36. The van der Waals surface area contributed by atoms with E-state index in [1.54, 1.807) is 4.68 Å². The standard InChI is InChI=1S/C19H25N5O2S/c1-15-17(21-22-24(15)16-5-3-2-4-6-16)18(25)20-13-19(7-12-27-14-19)23-8-10-26-11-9-23/h2-6H,7-14H2,1H3,(H,20,25). The Bertz CT molecular complexity index is 783. The Kier molecular flexibility index (Phi) is 5.47. The number of nitrogens with zero attached hydrogens (tertiary/aromatic N) is 4. The zero-order valence-corrected chi connectivity index (χ0v) is 16.4. The van der Waals surface area contributed by atoms with Crippen molar-refractivity contribution in [3.05, 3.63) is 41.7 Å². The molecule has 7 nitrogen and oxygen atoms in total. The number of nitrogens with one attached hydrogen (secondary N) is 1. The molecule has 0 saturated carbocycles. The second-order valence-electron chi connectivity index (χ2n) is 7.08. The minimum atomic E-state index is -0.154. The van der Waals surface area contributed by atoms with Gasteiger partial charge < -0.3 is 10.1 Å². The Hall–Kier alpha value is -1.90. The predicted octanol–water partition coefficient (Wildman–Crippen LogP) is 1.51. The third kappa shape index (κ3) is 3.74. The Labute approximate surface area is 163 Å². The molecule has 144 valence electrons. The van der Waals surface area contributed by atoms with Gasteiger partial charge in [0.1, 0.15) is 0 Å². The summed E-state index contributed by atoms with van der Waals surface area (Å²) in [5.74, 6) is 2.03. The van der Waals surface area contributed by atoms with E-state index in [2.05, 4.69) is 20.5 Å². The molecule has 1 unspecified atom stereocenters. The summed E-state index contributed by atoms with van der Waals surface area (Å²) >= 11 is 1.96. The highest BCUT2D eigenvalue weighted by Crippen LogP contribution is 2.33. The highest BCUT2D eigenvalue weighted by atomic mass is 32.2. The van der Waals surface area contributed by atoms with Crippen LogP contribution < -0.4 is 5.32 Å². The van der Waals surface area contributed by atoms with E-state index in [1.807, 2.05) is 49.0 Å². The summed E-state index contributed by atoms with van der Waals surface area (Å²) in [4.78, 5) is 15.3. The number of hydrogen-bond acceptors (Lipinski definition) is 6. The molecule has 1 aromatic heterocycles. The maximum atomic E-state index is 12.8. The van der Waals surface area contributed by atoms with E-state index < -0.39 is 0 Å². The molecule has 8 heteroatoms. The number of thioether (sulfide) groups is 1. The largest absolute Gasteiger partial charge is 0.379 e. The molecule has 0 aliphatic carbocycles. The number of morpholine rings is 1. The summed E-state index contributed by atoms with van der Waals surface area (Å²) < 4.78 is 7.21. The summed E-state index contributed by atoms with van der Waals surface area (Å²) in [6, 6.07) is 9.74. The van der Waals surface area contributed by atoms with Gasteiger partial charge in [0.05, 0.1) is 24.6 Å². The highest BCUT2D eigenvalue weighted by molar-refractivity contribution is 7.99. The lowest BCUT2D eigenvalue weighted by Gasteiger charge is -2.43. The van der Waals surface area contributed by atoms with Gasteiger partial charge in [-0.2, -0.15) is 11.8 Å². The molecule has 1 aromatic carbocycles. The van der Waals surface area contributed by atoms with Crippen LogP contribution in [0.1, 0.15) is 22.6 Å². The summed E-state index contributed by atoms with van der Waals surface area (Å²) in [7, 11) is 0. The first-order chi connectivity index (χ1) is 13.2. The smallest absolute Gasteiger partial charge is 0.273 e. The Balaban J connectivity index is 1.47. The van der Waals surface area contributed by atoms with Crippen LogP contribution in [-0.2, 0) is 4.74 Å². The zero-order chi connectivity index (χ0) is 18.7. The van der Waals surface area contributed by atoms with Gasteiger partial charge in [-0.15, -0.1) is 5.10 Å². The topological polar surface area (TPSA) is 72.3 Å². The average Bonchev–Trinajstić information content (AvgIpc) is 3.35. The lowest BCUT2D eigenvalue weighted by Crippen LogP contribution is -2.59. The molecule has 0 bridgehead atoms. The van der Waals surface area contributed by atoms with Gasteiger partial charge in [-0.1, -0.05) is 23.4 Å². The van der Waals surface area contributed by atoms with Gasteiger partial charge in [-0.3, -0.25) is 9.69 Å². The van der Waals surface area contributed by atoms with Gasteiger partial charge in [0, 0.05) is 30.9 Å². The van der Waals surface area contributed by atoms with E-state index in [0.29, 0.717) is 12.2 Å². The van der Waals surface area contributed by atoms with Crippen molar-refractivity contribution in [1.29, 1.82) is 0 Å². The zero-order valence-electron chi connectivity index (χ0n) is 15.6. The van der Waals surface area contributed by atoms with E-state index in [1.165, 1.54) is 0 Å². The van der Waals surface area contributed by atoms with Crippen LogP contribution in [0, 0.1) is 6.92 Å². The van der Waals surface area contributed by atoms with Crippen LogP contribution in [-0.4, -0.2) is 75.7 Å². The summed E-state index contributed by atoms with van der Waals surface area (Å²) in [6.07, 6.45) is 1.09. The molecule has 3 heterocycles.